The van der Waals surface area contributed by atoms with Crippen molar-refractivity contribution < 1.29 is 28.6 Å². The number of carbonyl (C=O) groups is 3. The molecule has 0 radical (unpaired) electrons. The summed E-state index contributed by atoms with van der Waals surface area (Å²) in [6.07, 6.45) is 5.24. The van der Waals surface area contributed by atoms with Crippen LogP contribution in [0, 0.1) is 27.6 Å². The van der Waals surface area contributed by atoms with Crippen molar-refractivity contribution in [2.24, 2.45) is 27.6 Å². The third-order valence-corrected chi connectivity index (χ3v) is 8.73. The number of ether oxygens (including phenoxy) is 3. The zero-order valence-electron chi connectivity index (χ0n) is 23.3. The monoisotopic (exact) mass is 480 g/mol. The van der Waals surface area contributed by atoms with Gasteiger partial charge in [-0.1, -0.05) is 41.2 Å². The first-order valence-corrected chi connectivity index (χ1v) is 12.7. The molecule has 2 rings (SSSR count). The van der Waals surface area contributed by atoms with Crippen LogP contribution in [0.4, 0.5) is 0 Å². The Kier molecular flexibility index (Phi) is 9.99. The largest absolute Gasteiger partial charge is 0.462 e. The van der Waals surface area contributed by atoms with E-state index in [1.54, 1.807) is 6.92 Å². The SMILES string of the molecule is C=C(C)C(=O)OCCOC(=O)C(C)(C)CC.CCC(C)(C)C(=O)OC1CC2CCC1(C)C2(C)C. The van der Waals surface area contributed by atoms with Gasteiger partial charge in [0.25, 0.3) is 0 Å². The Balaban J connectivity index is 0.000000344. The molecule has 196 valence electrons. The van der Waals surface area contributed by atoms with Crippen molar-refractivity contribution in [3.8, 4) is 0 Å². The Labute approximate surface area is 207 Å². The van der Waals surface area contributed by atoms with Gasteiger partial charge in [-0.3, -0.25) is 9.59 Å². The molecule has 2 fully saturated rings. The highest BCUT2D eigenvalue weighted by atomic mass is 16.6. The molecule has 6 nitrogen and oxygen atoms in total. The van der Waals surface area contributed by atoms with Gasteiger partial charge in [0.15, 0.2) is 0 Å². The van der Waals surface area contributed by atoms with E-state index in [-0.39, 0.29) is 42.1 Å². The number of esters is 3. The van der Waals surface area contributed by atoms with Crippen LogP contribution in [0.1, 0.15) is 101 Å². The Bertz CT molecular complexity index is 763. The van der Waals surface area contributed by atoms with Crippen LogP contribution in [-0.2, 0) is 28.6 Å². The molecule has 2 aliphatic carbocycles. The molecule has 2 saturated carbocycles. The maximum absolute atomic E-state index is 12.3. The third-order valence-electron chi connectivity index (χ3n) is 8.73. The average molecular weight is 481 g/mol. The first-order chi connectivity index (χ1) is 15.5. The van der Waals surface area contributed by atoms with Crippen LogP contribution in [0.2, 0.25) is 0 Å². The lowest BCUT2D eigenvalue weighted by atomic mass is 9.70. The van der Waals surface area contributed by atoms with Gasteiger partial charge < -0.3 is 14.2 Å². The highest BCUT2D eigenvalue weighted by molar-refractivity contribution is 5.86. The number of hydrogen-bond acceptors (Lipinski definition) is 6. The minimum atomic E-state index is -0.488. The van der Waals surface area contributed by atoms with Gasteiger partial charge in [-0.25, -0.2) is 4.79 Å². The summed E-state index contributed by atoms with van der Waals surface area (Å²) in [6, 6.07) is 0. The molecular formula is C28H48O6. The second-order valence-electron chi connectivity index (χ2n) is 12.0. The molecule has 0 N–H and O–H groups in total. The summed E-state index contributed by atoms with van der Waals surface area (Å²) in [5, 5.41) is 0. The molecule has 0 aliphatic heterocycles. The lowest BCUT2D eigenvalue weighted by Gasteiger charge is -2.39. The quantitative estimate of drug-likeness (QED) is 0.168. The van der Waals surface area contributed by atoms with Gasteiger partial charge in [0.2, 0.25) is 0 Å². The second kappa shape index (κ2) is 11.3. The highest BCUT2D eigenvalue weighted by Gasteiger charge is 2.63. The molecule has 0 spiro atoms. The summed E-state index contributed by atoms with van der Waals surface area (Å²) in [6.45, 7) is 23.7. The van der Waals surface area contributed by atoms with Gasteiger partial charge >= 0.3 is 17.9 Å². The van der Waals surface area contributed by atoms with Gasteiger partial charge in [0.1, 0.15) is 19.3 Å². The molecule has 2 aliphatic rings. The molecule has 0 amide bonds. The molecule has 0 saturated heterocycles. The molecule has 3 unspecified atom stereocenters. The zero-order valence-corrected chi connectivity index (χ0v) is 23.3. The summed E-state index contributed by atoms with van der Waals surface area (Å²) in [5.74, 6) is -0.0308. The van der Waals surface area contributed by atoms with Crippen LogP contribution in [0.15, 0.2) is 12.2 Å². The smallest absolute Gasteiger partial charge is 0.333 e. The molecule has 0 aromatic carbocycles. The molecule has 3 atom stereocenters. The van der Waals surface area contributed by atoms with E-state index < -0.39 is 11.4 Å². The first-order valence-electron chi connectivity index (χ1n) is 12.7. The fourth-order valence-electron chi connectivity index (χ4n) is 4.47. The number of rotatable bonds is 9. The van der Waals surface area contributed by atoms with E-state index in [9.17, 15) is 14.4 Å². The van der Waals surface area contributed by atoms with Crippen LogP contribution < -0.4 is 0 Å². The first kappa shape index (κ1) is 30.2. The lowest BCUT2D eigenvalue weighted by molar-refractivity contribution is -0.167. The second-order valence-corrected chi connectivity index (χ2v) is 12.0. The Hall–Kier alpha value is -1.85. The van der Waals surface area contributed by atoms with Crippen LogP contribution in [0.25, 0.3) is 0 Å². The van der Waals surface area contributed by atoms with Crippen molar-refractivity contribution >= 4 is 17.9 Å². The normalized spacial score (nSPS) is 25.1. The molecule has 6 heteroatoms. The van der Waals surface area contributed by atoms with Crippen molar-refractivity contribution in [1.82, 2.24) is 0 Å². The molecule has 34 heavy (non-hydrogen) atoms. The third kappa shape index (κ3) is 6.63. The van der Waals surface area contributed by atoms with Crippen LogP contribution in [0.3, 0.4) is 0 Å². The van der Waals surface area contributed by atoms with E-state index >= 15 is 0 Å². The van der Waals surface area contributed by atoms with E-state index in [2.05, 4.69) is 27.4 Å². The topological polar surface area (TPSA) is 78.9 Å². The maximum Gasteiger partial charge on any atom is 0.333 e. The summed E-state index contributed by atoms with van der Waals surface area (Å²) in [4.78, 5) is 34.7. The minimum Gasteiger partial charge on any atom is -0.462 e. The van der Waals surface area contributed by atoms with E-state index in [0.717, 1.165) is 18.8 Å². The Morgan fingerprint density at radius 2 is 1.41 bits per heavy atom. The molecule has 0 aromatic heterocycles. The number of hydrogen-bond donors (Lipinski definition) is 0. The average Bonchev–Trinajstić information content (AvgIpc) is 3.10. The van der Waals surface area contributed by atoms with Gasteiger partial charge in [0.05, 0.1) is 10.8 Å². The Morgan fingerprint density at radius 1 is 0.912 bits per heavy atom. The highest BCUT2D eigenvalue weighted by Crippen LogP contribution is 2.66. The van der Waals surface area contributed by atoms with E-state index in [0.29, 0.717) is 17.4 Å². The van der Waals surface area contributed by atoms with Gasteiger partial charge in [0, 0.05) is 11.0 Å². The molecule has 2 bridgehead atoms. The molecule has 0 heterocycles. The summed E-state index contributed by atoms with van der Waals surface area (Å²) in [5.41, 5.74) is -0.00759. The molecule has 0 aromatic rings. The fourth-order valence-corrected chi connectivity index (χ4v) is 4.47. The summed E-state index contributed by atoms with van der Waals surface area (Å²) < 4.78 is 15.7. The van der Waals surface area contributed by atoms with Crippen LogP contribution in [-0.4, -0.2) is 37.2 Å². The zero-order chi connectivity index (χ0) is 26.5. The predicted molar refractivity (Wildman–Crippen MR) is 134 cm³/mol. The Morgan fingerprint density at radius 3 is 1.82 bits per heavy atom. The van der Waals surface area contributed by atoms with E-state index in [4.69, 9.17) is 14.2 Å². The van der Waals surface area contributed by atoms with Crippen LogP contribution >= 0.6 is 0 Å². The molecular weight excluding hydrogens is 432 g/mol. The lowest BCUT2D eigenvalue weighted by Crippen LogP contribution is -2.40. The number of carbonyl (C=O) groups excluding carboxylic acids is 3. The summed E-state index contributed by atoms with van der Waals surface area (Å²) in [7, 11) is 0. The minimum absolute atomic E-state index is 0.0143. The van der Waals surface area contributed by atoms with Gasteiger partial charge in [-0.15, -0.1) is 0 Å². The van der Waals surface area contributed by atoms with Crippen LogP contribution in [0.5, 0.6) is 0 Å². The van der Waals surface area contributed by atoms with Gasteiger partial charge in [-0.2, -0.15) is 0 Å². The standard InChI is InChI=1S/C16H28O2.C12H20O4/c1-7-14(2,3)13(17)18-12-10-11-8-9-16(12,6)15(11,4)5;1-6-12(4,5)11(14)16-8-7-15-10(13)9(2)3/h11-12H,7-10H2,1-6H3;2,6-8H2,1,3-5H3. The fraction of sp³-hybridized carbons (Fsp3) is 0.821. The van der Waals surface area contributed by atoms with Gasteiger partial charge in [-0.05, 0) is 78.1 Å². The maximum atomic E-state index is 12.3. The number of fused-ring (bicyclic) bond motifs is 2. The van der Waals surface area contributed by atoms with Crippen molar-refractivity contribution in [2.75, 3.05) is 13.2 Å². The van der Waals surface area contributed by atoms with Crippen molar-refractivity contribution in [1.29, 1.82) is 0 Å². The van der Waals surface area contributed by atoms with E-state index in [1.165, 1.54) is 12.8 Å². The summed E-state index contributed by atoms with van der Waals surface area (Å²) >= 11 is 0. The van der Waals surface area contributed by atoms with Crippen molar-refractivity contribution in [2.45, 2.75) is 107 Å². The van der Waals surface area contributed by atoms with E-state index in [1.807, 2.05) is 41.5 Å². The van der Waals surface area contributed by atoms with Crippen molar-refractivity contribution in [3.63, 3.8) is 0 Å². The predicted octanol–water partition coefficient (Wildman–Crippen LogP) is 6.27. The van der Waals surface area contributed by atoms with Crippen molar-refractivity contribution in [3.05, 3.63) is 12.2 Å².